The van der Waals surface area contributed by atoms with E-state index >= 15 is 0 Å². The van der Waals surface area contributed by atoms with Crippen molar-refractivity contribution in [3.63, 3.8) is 0 Å². The second kappa shape index (κ2) is 10.2. The Kier molecular flexibility index (Phi) is 7.16. The molecular weight excluding hydrogens is 535 g/mol. The number of amidine groups is 1. The van der Waals surface area contributed by atoms with Crippen LogP contribution in [-0.2, 0) is 17.9 Å². The van der Waals surface area contributed by atoms with Crippen molar-refractivity contribution in [1.29, 1.82) is 0 Å². The van der Waals surface area contributed by atoms with Crippen molar-refractivity contribution in [2.24, 2.45) is 4.99 Å². The fraction of sp³-hybridized carbons (Fsp3) is 0.120. The number of benzene rings is 3. The third-order valence-electron chi connectivity index (χ3n) is 4.88. The number of thioether (sulfide) groups is 1. The Balaban J connectivity index is 1.67. The van der Waals surface area contributed by atoms with E-state index in [0.717, 1.165) is 16.7 Å². The molecule has 32 heavy (non-hydrogen) atoms. The number of ether oxygens (including phenoxy) is 1. The first-order chi connectivity index (χ1) is 15.5. The van der Waals surface area contributed by atoms with Crippen LogP contribution in [0.2, 0.25) is 0 Å². The van der Waals surface area contributed by atoms with Gasteiger partial charge in [-0.1, -0.05) is 60.7 Å². The van der Waals surface area contributed by atoms with Crippen molar-refractivity contribution in [1.82, 2.24) is 4.90 Å². The van der Waals surface area contributed by atoms with E-state index in [0.29, 0.717) is 32.5 Å². The largest absolute Gasteiger partial charge is 0.504 e. The predicted molar refractivity (Wildman–Crippen MR) is 138 cm³/mol. The van der Waals surface area contributed by atoms with Crippen LogP contribution in [0.25, 0.3) is 6.08 Å². The summed E-state index contributed by atoms with van der Waals surface area (Å²) < 4.78 is 5.91. The van der Waals surface area contributed by atoms with Crippen LogP contribution in [-0.4, -0.2) is 28.2 Å². The maximum atomic E-state index is 13.3. The van der Waals surface area contributed by atoms with Crippen LogP contribution in [0.1, 0.15) is 16.7 Å². The van der Waals surface area contributed by atoms with Gasteiger partial charge in [0.1, 0.15) is 0 Å². The zero-order chi connectivity index (χ0) is 22.5. The maximum absolute atomic E-state index is 13.3. The van der Waals surface area contributed by atoms with Gasteiger partial charge in [0, 0.05) is 0 Å². The normalized spacial score (nSPS) is 16.2. The summed E-state index contributed by atoms with van der Waals surface area (Å²) in [6.45, 7) is 0.952. The molecule has 7 heteroatoms. The van der Waals surface area contributed by atoms with Gasteiger partial charge in [-0.25, -0.2) is 0 Å². The average molecular weight is 556 g/mol. The van der Waals surface area contributed by atoms with Gasteiger partial charge in [-0.15, -0.1) is 0 Å². The molecule has 1 aliphatic heterocycles. The lowest BCUT2D eigenvalue weighted by atomic mass is 10.1. The monoisotopic (exact) mass is 556 g/mol. The molecule has 1 amide bonds. The summed E-state index contributed by atoms with van der Waals surface area (Å²) in [4.78, 5) is 20.4. The summed E-state index contributed by atoms with van der Waals surface area (Å²) in [5, 5.41) is 10.8. The van der Waals surface area contributed by atoms with Gasteiger partial charge in [0.05, 0.1) is 28.7 Å². The molecule has 0 aromatic heterocycles. The van der Waals surface area contributed by atoms with Gasteiger partial charge >= 0.3 is 0 Å². The Bertz CT molecular complexity index is 1180. The van der Waals surface area contributed by atoms with Crippen molar-refractivity contribution < 1.29 is 14.6 Å². The third kappa shape index (κ3) is 5.16. The number of nitrogens with zero attached hydrogens (tertiary/aromatic N) is 2. The number of phenols is 1. The van der Waals surface area contributed by atoms with Gasteiger partial charge in [-0.2, -0.15) is 0 Å². The summed E-state index contributed by atoms with van der Waals surface area (Å²) in [6, 6.07) is 23.4. The second-order valence-electron chi connectivity index (χ2n) is 7.13. The number of phenolic OH excluding ortho intramolecular Hbond substituents is 1. The van der Waals surface area contributed by atoms with E-state index < -0.39 is 0 Å². The van der Waals surface area contributed by atoms with Crippen LogP contribution in [0.4, 0.5) is 0 Å². The van der Waals surface area contributed by atoms with Crippen molar-refractivity contribution >= 4 is 51.5 Å². The van der Waals surface area contributed by atoms with Gasteiger partial charge in [-0.05, 0) is 69.3 Å². The molecule has 162 valence electrons. The number of carbonyl (C=O) groups excluding carboxylic acids is 1. The van der Waals surface area contributed by atoms with Crippen LogP contribution in [0.15, 0.2) is 82.7 Å². The van der Waals surface area contributed by atoms with Gasteiger partial charge in [-0.3, -0.25) is 14.7 Å². The van der Waals surface area contributed by atoms with E-state index in [9.17, 15) is 9.90 Å². The SMILES string of the molecule is COc1cc(/C=C2\SC(=NCc3ccccc3)N(Cc3ccccc3)C2=O)cc(I)c1O. The van der Waals surface area contributed by atoms with E-state index in [2.05, 4.69) is 0 Å². The molecule has 0 atom stereocenters. The zero-order valence-electron chi connectivity index (χ0n) is 17.4. The van der Waals surface area contributed by atoms with Gasteiger partial charge in [0.2, 0.25) is 0 Å². The minimum absolute atomic E-state index is 0.0901. The molecule has 1 N–H and O–H groups in total. The highest BCUT2D eigenvalue weighted by molar-refractivity contribution is 14.1. The molecular formula is C25H21IN2O3S. The van der Waals surface area contributed by atoms with Crippen LogP contribution in [0, 0.1) is 3.57 Å². The van der Waals surface area contributed by atoms with Gasteiger partial charge < -0.3 is 9.84 Å². The Morgan fingerprint density at radius 1 is 1.06 bits per heavy atom. The number of carbonyl (C=O) groups is 1. The molecule has 5 nitrogen and oxygen atoms in total. The lowest BCUT2D eigenvalue weighted by molar-refractivity contribution is -0.122. The van der Waals surface area contributed by atoms with E-state index in [1.54, 1.807) is 11.0 Å². The van der Waals surface area contributed by atoms with Crippen LogP contribution in [0.5, 0.6) is 11.5 Å². The highest BCUT2D eigenvalue weighted by Gasteiger charge is 2.33. The van der Waals surface area contributed by atoms with Crippen LogP contribution in [0.3, 0.4) is 0 Å². The van der Waals surface area contributed by atoms with E-state index in [-0.39, 0.29) is 11.7 Å². The van der Waals surface area contributed by atoms with Crippen LogP contribution >= 0.6 is 34.4 Å². The molecule has 0 saturated carbocycles. The van der Waals surface area contributed by atoms with Crippen molar-refractivity contribution in [3.05, 3.63) is 98.0 Å². The number of aromatic hydroxyl groups is 1. The molecule has 1 heterocycles. The molecule has 0 aliphatic carbocycles. The average Bonchev–Trinajstić information content (AvgIpc) is 3.10. The van der Waals surface area contributed by atoms with E-state index in [1.165, 1.54) is 18.9 Å². The smallest absolute Gasteiger partial charge is 0.267 e. The molecule has 3 aromatic rings. The first-order valence-electron chi connectivity index (χ1n) is 9.95. The number of hydrogen-bond donors (Lipinski definition) is 1. The highest BCUT2D eigenvalue weighted by atomic mass is 127. The first kappa shape index (κ1) is 22.4. The Morgan fingerprint density at radius 3 is 2.38 bits per heavy atom. The minimum atomic E-state index is -0.0901. The Morgan fingerprint density at radius 2 is 1.72 bits per heavy atom. The summed E-state index contributed by atoms with van der Waals surface area (Å²) in [5.41, 5.74) is 2.91. The number of hydrogen-bond acceptors (Lipinski definition) is 5. The van der Waals surface area contributed by atoms with Crippen LogP contribution < -0.4 is 4.74 Å². The van der Waals surface area contributed by atoms with Crippen molar-refractivity contribution in [2.45, 2.75) is 13.1 Å². The fourth-order valence-electron chi connectivity index (χ4n) is 3.26. The third-order valence-corrected chi connectivity index (χ3v) is 6.75. The topological polar surface area (TPSA) is 62.1 Å². The summed E-state index contributed by atoms with van der Waals surface area (Å²) in [6.07, 6.45) is 1.82. The molecule has 0 bridgehead atoms. The summed E-state index contributed by atoms with van der Waals surface area (Å²) >= 11 is 3.41. The quantitative estimate of drug-likeness (QED) is 0.314. The zero-order valence-corrected chi connectivity index (χ0v) is 20.3. The summed E-state index contributed by atoms with van der Waals surface area (Å²) in [5.74, 6) is 0.377. The van der Waals surface area contributed by atoms with Gasteiger partial charge in [0.15, 0.2) is 16.7 Å². The van der Waals surface area contributed by atoms with Crippen molar-refractivity contribution in [3.8, 4) is 11.5 Å². The number of halogens is 1. The van der Waals surface area contributed by atoms with Crippen molar-refractivity contribution in [2.75, 3.05) is 7.11 Å². The van der Waals surface area contributed by atoms with Gasteiger partial charge in [0.25, 0.3) is 5.91 Å². The molecule has 1 aliphatic rings. The standard InChI is InChI=1S/C25H21IN2O3S/c1-31-21-13-19(12-20(26)23(21)29)14-22-24(30)28(16-18-10-6-3-7-11-18)25(32-22)27-15-17-8-4-2-5-9-17/h2-14,29H,15-16H2,1H3/b22-14-,27-25?. The fourth-order valence-corrected chi connectivity index (χ4v) is 4.86. The second-order valence-corrected chi connectivity index (χ2v) is 9.30. The highest BCUT2D eigenvalue weighted by Crippen LogP contribution is 2.37. The number of rotatable bonds is 6. The molecule has 1 saturated heterocycles. The minimum Gasteiger partial charge on any atom is -0.504 e. The maximum Gasteiger partial charge on any atom is 0.267 e. The summed E-state index contributed by atoms with van der Waals surface area (Å²) in [7, 11) is 1.51. The Labute approximate surface area is 205 Å². The molecule has 3 aromatic carbocycles. The lowest BCUT2D eigenvalue weighted by Gasteiger charge is -2.15. The lowest BCUT2D eigenvalue weighted by Crippen LogP contribution is -2.28. The molecule has 4 rings (SSSR count). The predicted octanol–water partition coefficient (Wildman–Crippen LogP) is 5.68. The molecule has 0 radical (unpaired) electrons. The van der Waals surface area contributed by atoms with E-state index in [1.807, 2.05) is 95.4 Å². The first-order valence-corrected chi connectivity index (χ1v) is 11.8. The van der Waals surface area contributed by atoms with E-state index in [4.69, 9.17) is 9.73 Å². The number of aliphatic imine (C=N–C) groups is 1. The Hall–Kier alpha value is -2.78. The number of methoxy groups -OCH3 is 1. The molecule has 0 spiro atoms. The molecule has 0 unspecified atom stereocenters. The number of amides is 1. The molecule has 1 fully saturated rings.